The predicted octanol–water partition coefficient (Wildman–Crippen LogP) is 7.96. The summed E-state index contributed by atoms with van der Waals surface area (Å²) in [6.07, 6.45) is 0. The Bertz CT molecular complexity index is 1470. The third-order valence-electron chi connectivity index (χ3n) is 5.36. The number of sulfone groups is 2. The average molecular weight is 632 g/mol. The maximum absolute atomic E-state index is 12.8. The van der Waals surface area contributed by atoms with Crippen LogP contribution in [0.25, 0.3) is 0 Å². The topological polar surface area (TPSA) is 68.3 Å². The summed E-state index contributed by atoms with van der Waals surface area (Å²) >= 11 is 27.1. The molecule has 0 N–H and O–H groups in total. The second kappa shape index (κ2) is 10.8. The largest absolute Gasteiger partial charge is 0.219 e. The van der Waals surface area contributed by atoms with Crippen LogP contribution in [0.1, 0.15) is 11.1 Å². The minimum absolute atomic E-state index is 0.0785. The summed E-state index contributed by atoms with van der Waals surface area (Å²) < 4.78 is 48.0. The lowest BCUT2D eigenvalue weighted by molar-refractivity contribution is 0.594. The van der Waals surface area contributed by atoms with E-state index in [0.29, 0.717) is 11.1 Å². The molecule has 0 aliphatic heterocycles. The van der Waals surface area contributed by atoms with Gasteiger partial charge >= 0.3 is 0 Å². The molecule has 4 aromatic rings. The number of hydrogen-bond donors (Lipinski definition) is 0. The van der Waals surface area contributed by atoms with E-state index in [9.17, 15) is 16.8 Å². The minimum atomic E-state index is -3.71. The molecule has 11 heteroatoms. The number of halogens is 4. The molecule has 37 heavy (non-hydrogen) atoms. The van der Waals surface area contributed by atoms with Crippen LogP contribution >= 0.6 is 58.2 Å². The monoisotopic (exact) mass is 630 g/mol. The molecular weight excluding hydrogens is 614 g/mol. The Labute approximate surface area is 240 Å². The van der Waals surface area contributed by atoms with E-state index in [0.717, 1.165) is 11.8 Å². The van der Waals surface area contributed by atoms with Crippen molar-refractivity contribution in [3.8, 4) is 0 Å². The number of rotatable bonds is 8. The van der Waals surface area contributed by atoms with Gasteiger partial charge in [-0.15, -0.1) is 0 Å². The minimum Gasteiger partial charge on any atom is -0.219 e. The molecule has 0 radical (unpaired) electrons. The first-order valence-corrected chi connectivity index (χ1v) is 15.9. The highest BCUT2D eigenvalue weighted by Gasteiger charge is 2.40. The van der Waals surface area contributed by atoms with Crippen LogP contribution < -0.4 is 0 Å². The molecule has 0 spiro atoms. The SMILES string of the molecule is O=S(=O)(c1ccccc1)c1ccc(C(Cl)(Cl)SC(Cl)(Cl)c2ccc(S(=O)(=O)c3ccccc3)cc2)cc1. The lowest BCUT2D eigenvalue weighted by Crippen LogP contribution is -2.15. The van der Waals surface area contributed by atoms with Crippen LogP contribution in [0.2, 0.25) is 0 Å². The fourth-order valence-corrected chi connectivity index (χ4v) is 9.17. The van der Waals surface area contributed by atoms with Crippen molar-refractivity contribution < 1.29 is 16.8 Å². The first-order chi connectivity index (χ1) is 17.3. The molecule has 0 bridgehead atoms. The molecule has 0 aliphatic carbocycles. The highest BCUT2D eigenvalue weighted by molar-refractivity contribution is 8.05. The Hall–Kier alpha value is -1.71. The van der Waals surface area contributed by atoms with E-state index in [1.807, 2.05) is 0 Å². The zero-order valence-corrected chi connectivity index (χ0v) is 24.2. The molecule has 0 unspecified atom stereocenters. The van der Waals surface area contributed by atoms with E-state index in [1.165, 1.54) is 72.8 Å². The third kappa shape index (κ3) is 6.14. The van der Waals surface area contributed by atoms with Crippen LogP contribution in [0.5, 0.6) is 0 Å². The van der Waals surface area contributed by atoms with Crippen LogP contribution in [-0.2, 0) is 27.0 Å². The Kier molecular flexibility index (Phi) is 8.27. The predicted molar refractivity (Wildman–Crippen MR) is 151 cm³/mol. The summed E-state index contributed by atoms with van der Waals surface area (Å²) in [4.78, 5) is 0.487. The van der Waals surface area contributed by atoms with Crippen LogP contribution in [0.3, 0.4) is 0 Å². The van der Waals surface area contributed by atoms with Gasteiger partial charge in [-0.3, -0.25) is 0 Å². The fourth-order valence-electron chi connectivity index (χ4n) is 3.41. The zero-order chi connectivity index (χ0) is 26.9. The van der Waals surface area contributed by atoms with E-state index >= 15 is 0 Å². The Morgan fingerprint density at radius 2 is 0.703 bits per heavy atom. The molecule has 0 fully saturated rings. The van der Waals surface area contributed by atoms with Gasteiger partial charge in [0.15, 0.2) is 7.33 Å². The van der Waals surface area contributed by atoms with Crippen molar-refractivity contribution in [1.82, 2.24) is 0 Å². The smallest absolute Gasteiger partial charge is 0.206 e. The Balaban J connectivity index is 1.55. The Morgan fingerprint density at radius 1 is 0.432 bits per heavy atom. The van der Waals surface area contributed by atoms with Crippen molar-refractivity contribution in [3.63, 3.8) is 0 Å². The third-order valence-corrected chi connectivity index (χ3v) is 11.7. The molecule has 0 saturated heterocycles. The average Bonchev–Trinajstić information content (AvgIpc) is 2.89. The summed E-state index contributed by atoms with van der Waals surface area (Å²) in [5.74, 6) is 0. The zero-order valence-electron chi connectivity index (χ0n) is 18.8. The van der Waals surface area contributed by atoms with E-state index < -0.39 is 27.0 Å². The summed E-state index contributed by atoms with van der Waals surface area (Å²) in [7, 11) is -7.42. The van der Waals surface area contributed by atoms with Crippen molar-refractivity contribution in [3.05, 3.63) is 120 Å². The molecule has 4 rings (SSSR count). The van der Waals surface area contributed by atoms with E-state index in [2.05, 4.69) is 0 Å². The molecule has 0 saturated carbocycles. The molecule has 0 heterocycles. The molecular formula is C26H18Cl4O4S3. The summed E-state index contributed by atoms with van der Waals surface area (Å²) in [5.41, 5.74) is 0.726. The summed E-state index contributed by atoms with van der Waals surface area (Å²) in [6.45, 7) is 0. The van der Waals surface area contributed by atoms with E-state index in [-0.39, 0.29) is 19.6 Å². The van der Waals surface area contributed by atoms with E-state index in [4.69, 9.17) is 46.4 Å². The molecule has 0 atom stereocenters. The Morgan fingerprint density at radius 3 is 1.00 bits per heavy atom. The molecule has 192 valence electrons. The van der Waals surface area contributed by atoms with Gasteiger partial charge in [-0.1, -0.05) is 119 Å². The molecule has 4 aromatic carbocycles. The molecule has 0 aromatic heterocycles. The van der Waals surface area contributed by atoms with Gasteiger partial charge in [-0.05, 0) is 59.7 Å². The number of alkyl halides is 4. The second-order valence-electron chi connectivity index (χ2n) is 7.82. The van der Waals surface area contributed by atoms with Crippen LogP contribution in [0.15, 0.2) is 129 Å². The van der Waals surface area contributed by atoms with Crippen LogP contribution in [0.4, 0.5) is 0 Å². The standard InChI is InChI=1S/C26H18Cl4O4S3/c27-25(28,19-11-15-23(16-12-19)36(31,32)21-7-3-1-4-8-21)35-26(29,30)20-13-17-24(18-14-20)37(33,34)22-9-5-2-6-10-22/h1-18H. The fraction of sp³-hybridized carbons (Fsp3) is 0.0769. The normalized spacial score (nSPS) is 12.9. The van der Waals surface area contributed by atoms with Crippen LogP contribution in [-0.4, -0.2) is 16.8 Å². The van der Waals surface area contributed by atoms with Crippen molar-refractivity contribution in [2.75, 3.05) is 0 Å². The number of hydrogen-bond acceptors (Lipinski definition) is 5. The van der Waals surface area contributed by atoms with E-state index in [1.54, 1.807) is 36.4 Å². The summed E-state index contributed by atoms with van der Waals surface area (Å²) in [5, 5.41) is 0. The molecule has 0 amide bonds. The van der Waals surface area contributed by atoms with Gasteiger partial charge in [0.05, 0.1) is 19.6 Å². The van der Waals surface area contributed by atoms with Crippen molar-refractivity contribution >= 4 is 77.8 Å². The highest BCUT2D eigenvalue weighted by Crippen LogP contribution is 2.58. The highest BCUT2D eigenvalue weighted by atomic mass is 35.5. The van der Waals surface area contributed by atoms with Gasteiger partial charge in [0.2, 0.25) is 19.7 Å². The molecule has 4 nitrogen and oxygen atoms in total. The number of benzene rings is 4. The molecule has 0 aliphatic rings. The van der Waals surface area contributed by atoms with Gasteiger partial charge in [0.1, 0.15) is 0 Å². The van der Waals surface area contributed by atoms with Gasteiger partial charge in [-0.2, -0.15) is 0 Å². The summed E-state index contributed by atoms with van der Waals surface area (Å²) in [6, 6.07) is 27.7. The lowest BCUT2D eigenvalue weighted by Gasteiger charge is -2.28. The maximum Gasteiger partial charge on any atom is 0.206 e. The van der Waals surface area contributed by atoms with Gasteiger partial charge < -0.3 is 0 Å². The second-order valence-corrected chi connectivity index (χ2v) is 16.7. The van der Waals surface area contributed by atoms with Crippen molar-refractivity contribution in [1.29, 1.82) is 0 Å². The van der Waals surface area contributed by atoms with Crippen molar-refractivity contribution in [2.24, 2.45) is 0 Å². The van der Waals surface area contributed by atoms with Gasteiger partial charge in [0, 0.05) is 0 Å². The van der Waals surface area contributed by atoms with Crippen LogP contribution in [0, 0.1) is 0 Å². The first kappa shape index (κ1) is 28.3. The van der Waals surface area contributed by atoms with Gasteiger partial charge in [0.25, 0.3) is 0 Å². The maximum atomic E-state index is 12.8. The number of thioether (sulfide) groups is 1. The van der Waals surface area contributed by atoms with Crippen molar-refractivity contribution in [2.45, 2.75) is 26.9 Å². The first-order valence-electron chi connectivity index (χ1n) is 10.6. The van der Waals surface area contributed by atoms with Gasteiger partial charge in [-0.25, -0.2) is 16.8 Å². The lowest BCUT2D eigenvalue weighted by atomic mass is 10.2. The quantitative estimate of drug-likeness (QED) is 0.185.